The number of piperidine rings is 1. The fourth-order valence-corrected chi connectivity index (χ4v) is 3.05. The second-order valence-electron chi connectivity index (χ2n) is 6.07. The van der Waals surface area contributed by atoms with Gasteiger partial charge in [-0.1, -0.05) is 30.3 Å². The molecule has 1 aliphatic carbocycles. The Morgan fingerprint density at radius 2 is 1.74 bits per heavy atom. The number of likely N-dealkylation sites (tertiary alicyclic amines) is 1. The lowest BCUT2D eigenvalue weighted by molar-refractivity contribution is -0.133. The molecule has 2 heteroatoms. The van der Waals surface area contributed by atoms with Crippen LogP contribution in [0, 0.1) is 11.8 Å². The van der Waals surface area contributed by atoms with Gasteiger partial charge in [-0.3, -0.25) is 4.79 Å². The molecule has 0 radical (unpaired) electrons. The molecule has 0 unspecified atom stereocenters. The Hall–Kier alpha value is -1.31. The summed E-state index contributed by atoms with van der Waals surface area (Å²) in [7, 11) is 0. The predicted octanol–water partition coefficient (Wildman–Crippen LogP) is 3.27. The van der Waals surface area contributed by atoms with E-state index in [1.165, 1.54) is 31.2 Å². The second kappa shape index (κ2) is 5.77. The third-order valence-electron chi connectivity index (χ3n) is 4.54. The van der Waals surface area contributed by atoms with Gasteiger partial charge >= 0.3 is 0 Å². The van der Waals surface area contributed by atoms with E-state index in [2.05, 4.69) is 35.2 Å². The number of amides is 1. The zero-order chi connectivity index (χ0) is 13.1. The van der Waals surface area contributed by atoms with Crippen molar-refractivity contribution in [2.75, 3.05) is 13.1 Å². The van der Waals surface area contributed by atoms with E-state index >= 15 is 0 Å². The molecular weight excluding hydrogens is 234 g/mol. The molecule has 1 heterocycles. The van der Waals surface area contributed by atoms with Gasteiger partial charge in [0, 0.05) is 19.0 Å². The molecule has 0 N–H and O–H groups in total. The Kier molecular flexibility index (Phi) is 3.86. The number of hydrogen-bond donors (Lipinski definition) is 0. The smallest absolute Gasteiger partial charge is 0.225 e. The molecule has 2 fully saturated rings. The highest BCUT2D eigenvalue weighted by atomic mass is 16.2. The molecule has 19 heavy (non-hydrogen) atoms. The van der Waals surface area contributed by atoms with Gasteiger partial charge in [0.15, 0.2) is 0 Å². The summed E-state index contributed by atoms with van der Waals surface area (Å²) in [4.78, 5) is 14.1. The van der Waals surface area contributed by atoms with Crippen LogP contribution in [0.25, 0.3) is 0 Å². The maximum atomic E-state index is 12.0. The van der Waals surface area contributed by atoms with Gasteiger partial charge in [0.2, 0.25) is 5.91 Å². The Morgan fingerprint density at radius 1 is 1.05 bits per heavy atom. The van der Waals surface area contributed by atoms with E-state index in [0.29, 0.717) is 11.8 Å². The van der Waals surface area contributed by atoms with Gasteiger partial charge in [-0.2, -0.15) is 0 Å². The summed E-state index contributed by atoms with van der Waals surface area (Å²) < 4.78 is 0. The highest BCUT2D eigenvalue weighted by Crippen LogP contribution is 2.33. The number of benzene rings is 1. The van der Waals surface area contributed by atoms with Crippen LogP contribution in [0.2, 0.25) is 0 Å². The van der Waals surface area contributed by atoms with Crippen LogP contribution in [0.15, 0.2) is 30.3 Å². The Balaban J connectivity index is 1.41. The molecule has 1 aromatic carbocycles. The molecule has 1 saturated carbocycles. The first-order valence-corrected chi connectivity index (χ1v) is 7.65. The average Bonchev–Trinajstić information content (AvgIpc) is 3.31. The van der Waals surface area contributed by atoms with E-state index in [4.69, 9.17) is 0 Å². The van der Waals surface area contributed by atoms with Crippen LogP contribution in [0.5, 0.6) is 0 Å². The molecule has 1 aliphatic heterocycles. The molecule has 1 aromatic rings. The Bertz CT molecular complexity index is 416. The summed E-state index contributed by atoms with van der Waals surface area (Å²) in [5.41, 5.74) is 1.44. The van der Waals surface area contributed by atoms with E-state index in [0.717, 1.165) is 31.8 Å². The quantitative estimate of drug-likeness (QED) is 0.810. The number of carbonyl (C=O) groups is 1. The van der Waals surface area contributed by atoms with Crippen molar-refractivity contribution in [2.45, 2.75) is 38.5 Å². The molecule has 0 aromatic heterocycles. The minimum absolute atomic E-state index is 0.390. The minimum Gasteiger partial charge on any atom is -0.342 e. The number of hydrogen-bond acceptors (Lipinski definition) is 1. The summed E-state index contributed by atoms with van der Waals surface area (Å²) in [6.07, 6.45) is 7.12. The molecule has 2 nitrogen and oxygen atoms in total. The third kappa shape index (κ3) is 3.37. The molecule has 0 atom stereocenters. The fraction of sp³-hybridized carbons (Fsp3) is 0.588. The summed E-state index contributed by atoms with van der Waals surface area (Å²) >= 11 is 0. The molecule has 0 spiro atoms. The van der Waals surface area contributed by atoms with E-state index in [-0.39, 0.29) is 0 Å². The minimum atomic E-state index is 0.390. The number of nitrogens with zero attached hydrogens (tertiary/aromatic N) is 1. The van der Waals surface area contributed by atoms with E-state index in [1.807, 2.05) is 0 Å². The average molecular weight is 257 g/mol. The summed E-state index contributed by atoms with van der Waals surface area (Å²) in [5.74, 6) is 1.63. The molecular formula is C17H23NO. The van der Waals surface area contributed by atoms with E-state index < -0.39 is 0 Å². The van der Waals surface area contributed by atoms with Crippen molar-refractivity contribution in [3.05, 3.63) is 35.9 Å². The van der Waals surface area contributed by atoms with Crippen LogP contribution in [0.1, 0.15) is 37.7 Å². The zero-order valence-corrected chi connectivity index (χ0v) is 11.6. The molecule has 2 aliphatic rings. The largest absolute Gasteiger partial charge is 0.342 e. The zero-order valence-electron chi connectivity index (χ0n) is 11.6. The predicted molar refractivity (Wildman–Crippen MR) is 76.8 cm³/mol. The van der Waals surface area contributed by atoms with Crippen molar-refractivity contribution in [1.29, 1.82) is 0 Å². The van der Waals surface area contributed by atoms with Gasteiger partial charge in [-0.05, 0) is 50.0 Å². The maximum Gasteiger partial charge on any atom is 0.225 e. The highest BCUT2D eigenvalue weighted by molar-refractivity contribution is 5.81. The van der Waals surface area contributed by atoms with Gasteiger partial charge in [0.25, 0.3) is 0 Å². The van der Waals surface area contributed by atoms with Crippen LogP contribution >= 0.6 is 0 Å². The maximum absolute atomic E-state index is 12.0. The lowest BCUT2D eigenvalue weighted by Gasteiger charge is -2.32. The second-order valence-corrected chi connectivity index (χ2v) is 6.07. The van der Waals surface area contributed by atoms with Crippen LogP contribution in [0.4, 0.5) is 0 Å². The summed E-state index contributed by atoms with van der Waals surface area (Å²) in [5, 5.41) is 0. The van der Waals surface area contributed by atoms with Gasteiger partial charge < -0.3 is 4.90 Å². The number of carbonyl (C=O) groups excluding carboxylic acids is 1. The monoisotopic (exact) mass is 257 g/mol. The SMILES string of the molecule is O=C(C1CC1)N1CCC(CCc2ccccc2)CC1. The summed E-state index contributed by atoms with van der Waals surface area (Å²) in [6, 6.07) is 10.7. The lowest BCUT2D eigenvalue weighted by Crippen LogP contribution is -2.39. The normalized spacial score (nSPS) is 20.5. The first-order valence-electron chi connectivity index (χ1n) is 7.65. The van der Waals surface area contributed by atoms with Crippen molar-refractivity contribution in [2.24, 2.45) is 11.8 Å². The molecule has 1 saturated heterocycles. The van der Waals surface area contributed by atoms with Crippen LogP contribution in [0.3, 0.4) is 0 Å². The van der Waals surface area contributed by atoms with Crippen molar-refractivity contribution in [1.82, 2.24) is 4.90 Å². The van der Waals surface area contributed by atoms with Crippen molar-refractivity contribution in [3.8, 4) is 0 Å². The van der Waals surface area contributed by atoms with Gasteiger partial charge in [-0.15, -0.1) is 0 Å². The van der Waals surface area contributed by atoms with Crippen LogP contribution in [-0.2, 0) is 11.2 Å². The number of aryl methyl sites for hydroxylation is 1. The summed E-state index contributed by atoms with van der Waals surface area (Å²) in [6.45, 7) is 1.99. The Labute approximate surface area is 115 Å². The van der Waals surface area contributed by atoms with Crippen molar-refractivity contribution in [3.63, 3.8) is 0 Å². The molecule has 1 amide bonds. The highest BCUT2D eigenvalue weighted by Gasteiger charge is 2.34. The van der Waals surface area contributed by atoms with Gasteiger partial charge in [0.05, 0.1) is 0 Å². The Morgan fingerprint density at radius 3 is 2.37 bits per heavy atom. The number of rotatable bonds is 4. The van der Waals surface area contributed by atoms with Crippen LogP contribution in [-0.4, -0.2) is 23.9 Å². The lowest BCUT2D eigenvalue weighted by atomic mass is 9.90. The van der Waals surface area contributed by atoms with E-state index in [1.54, 1.807) is 0 Å². The van der Waals surface area contributed by atoms with E-state index in [9.17, 15) is 4.79 Å². The van der Waals surface area contributed by atoms with Gasteiger partial charge in [0.1, 0.15) is 0 Å². The molecule has 3 rings (SSSR count). The molecule has 0 bridgehead atoms. The van der Waals surface area contributed by atoms with Crippen molar-refractivity contribution >= 4 is 5.91 Å². The third-order valence-corrected chi connectivity index (χ3v) is 4.54. The topological polar surface area (TPSA) is 20.3 Å². The standard InChI is InChI=1S/C17H23NO/c19-17(16-8-9-16)18-12-10-15(11-13-18)7-6-14-4-2-1-3-5-14/h1-5,15-16H,6-13H2. The fourth-order valence-electron chi connectivity index (χ4n) is 3.05. The van der Waals surface area contributed by atoms with Crippen LogP contribution < -0.4 is 0 Å². The molecule has 102 valence electrons. The first kappa shape index (κ1) is 12.7. The van der Waals surface area contributed by atoms with Crippen molar-refractivity contribution < 1.29 is 4.79 Å². The van der Waals surface area contributed by atoms with Gasteiger partial charge in [-0.25, -0.2) is 0 Å². The first-order chi connectivity index (χ1) is 9.33.